The molecule has 1 fully saturated rings. The van der Waals surface area contributed by atoms with Crippen LogP contribution in [0.3, 0.4) is 0 Å². The third-order valence-corrected chi connectivity index (χ3v) is 7.28. The Kier molecular flexibility index (Phi) is 11.6. The van der Waals surface area contributed by atoms with E-state index in [0.29, 0.717) is 18.0 Å². The number of nitrogens with one attached hydrogen (secondary N) is 1. The first kappa shape index (κ1) is 30.9. The van der Waals surface area contributed by atoms with Gasteiger partial charge in [0.2, 0.25) is 5.91 Å². The number of nitrogens with zero attached hydrogens (tertiary/aromatic N) is 1. The summed E-state index contributed by atoms with van der Waals surface area (Å²) in [5, 5.41) is 3.16. The average Bonchev–Trinajstić information content (AvgIpc) is 3.51. The Balaban J connectivity index is 1.44. The van der Waals surface area contributed by atoms with Crippen molar-refractivity contribution in [3.8, 4) is 17.2 Å². The number of hydrogen-bond donors (Lipinski definition) is 1. The van der Waals surface area contributed by atoms with Crippen molar-refractivity contribution in [1.29, 1.82) is 0 Å². The summed E-state index contributed by atoms with van der Waals surface area (Å²) in [4.78, 5) is 28.6. The molecular weight excluding hydrogens is 532 g/mol. The van der Waals surface area contributed by atoms with Crippen LogP contribution in [-0.4, -0.2) is 62.8 Å². The zero-order valence-corrected chi connectivity index (χ0v) is 24.8. The molecule has 4 rings (SSSR count). The lowest BCUT2D eigenvalue weighted by Crippen LogP contribution is -2.48. The number of esters is 1. The molecule has 2 atom stereocenters. The number of ether oxygens (including phenoxy) is 4. The zero-order chi connectivity index (χ0) is 29.7. The summed E-state index contributed by atoms with van der Waals surface area (Å²) >= 11 is 0. The average molecular weight is 575 g/mol. The van der Waals surface area contributed by atoms with Crippen molar-refractivity contribution < 1.29 is 28.5 Å². The van der Waals surface area contributed by atoms with E-state index in [1.54, 1.807) is 7.11 Å². The van der Waals surface area contributed by atoms with Crippen molar-refractivity contribution in [3.63, 3.8) is 0 Å². The van der Waals surface area contributed by atoms with Gasteiger partial charge in [0.1, 0.15) is 23.4 Å². The van der Waals surface area contributed by atoms with Crippen LogP contribution in [0.5, 0.6) is 17.2 Å². The number of rotatable bonds is 15. The topological polar surface area (TPSA) is 86.3 Å². The molecule has 3 aromatic carbocycles. The molecule has 0 spiro atoms. The molecule has 224 valence electrons. The van der Waals surface area contributed by atoms with Gasteiger partial charge >= 0.3 is 5.97 Å². The van der Waals surface area contributed by atoms with Crippen LogP contribution in [0.2, 0.25) is 0 Å². The molecule has 0 bridgehead atoms. The standard InChI is InChI=1S/C34H42N2O6/c1-25-6-12-29(13-7-25)40-22-18-32(37)35-31(24-36-20-4-5-21-36)34(27-10-16-28(39-3)17-11-27)42-33(38)19-23-41-30-14-8-26(2)9-15-30/h6-17,31,34H,4-5,18-24H2,1-3H3,(H,35,37)/t31-,34-/m1/s1. The van der Waals surface area contributed by atoms with Crippen molar-refractivity contribution in [2.75, 3.05) is 40.0 Å². The quantitative estimate of drug-likeness (QED) is 0.243. The number of carbonyl (C=O) groups excluding carboxylic acids is 2. The largest absolute Gasteiger partial charge is 0.497 e. The van der Waals surface area contributed by atoms with Gasteiger partial charge in [-0.3, -0.25) is 9.59 Å². The summed E-state index contributed by atoms with van der Waals surface area (Å²) < 4.78 is 23.0. The van der Waals surface area contributed by atoms with Crippen LogP contribution in [0.1, 0.15) is 48.5 Å². The van der Waals surface area contributed by atoms with Crippen LogP contribution in [-0.2, 0) is 14.3 Å². The number of carbonyl (C=O) groups is 2. The molecule has 3 aromatic rings. The van der Waals surface area contributed by atoms with Gasteiger partial charge in [0.05, 0.1) is 39.2 Å². The third kappa shape index (κ3) is 9.80. The van der Waals surface area contributed by atoms with Crippen molar-refractivity contribution in [3.05, 3.63) is 89.5 Å². The second-order valence-electron chi connectivity index (χ2n) is 10.7. The highest BCUT2D eigenvalue weighted by Gasteiger charge is 2.31. The smallest absolute Gasteiger partial charge is 0.309 e. The lowest BCUT2D eigenvalue weighted by atomic mass is 10.0. The van der Waals surface area contributed by atoms with E-state index in [2.05, 4.69) is 10.2 Å². The maximum Gasteiger partial charge on any atom is 0.309 e. The molecule has 8 nitrogen and oxygen atoms in total. The lowest BCUT2D eigenvalue weighted by molar-refractivity contribution is -0.153. The number of likely N-dealkylation sites (tertiary alicyclic amines) is 1. The van der Waals surface area contributed by atoms with Crippen molar-refractivity contribution in [2.24, 2.45) is 0 Å². The van der Waals surface area contributed by atoms with E-state index in [4.69, 9.17) is 18.9 Å². The molecule has 42 heavy (non-hydrogen) atoms. The number of benzene rings is 3. The molecule has 1 heterocycles. The van der Waals surface area contributed by atoms with E-state index in [0.717, 1.165) is 48.4 Å². The summed E-state index contributed by atoms with van der Waals surface area (Å²) in [6, 6.07) is 22.4. The Morgan fingerprint density at radius 3 is 1.83 bits per heavy atom. The van der Waals surface area contributed by atoms with E-state index in [1.807, 2.05) is 86.6 Å². The normalized spacial score (nSPS) is 14.5. The van der Waals surface area contributed by atoms with Gasteiger partial charge in [-0.05, 0) is 81.7 Å². The fraction of sp³-hybridized carbons (Fsp3) is 0.412. The highest BCUT2D eigenvalue weighted by atomic mass is 16.5. The number of aryl methyl sites for hydroxylation is 2. The van der Waals surface area contributed by atoms with Crippen molar-refractivity contribution in [1.82, 2.24) is 10.2 Å². The third-order valence-electron chi connectivity index (χ3n) is 7.28. The fourth-order valence-corrected chi connectivity index (χ4v) is 4.90. The van der Waals surface area contributed by atoms with Crippen molar-refractivity contribution in [2.45, 2.75) is 51.7 Å². The Morgan fingerprint density at radius 2 is 1.29 bits per heavy atom. The van der Waals surface area contributed by atoms with E-state index < -0.39 is 18.1 Å². The lowest BCUT2D eigenvalue weighted by Gasteiger charge is -2.31. The monoisotopic (exact) mass is 574 g/mol. The number of hydrogen-bond acceptors (Lipinski definition) is 7. The van der Waals surface area contributed by atoms with Gasteiger partial charge in [-0.15, -0.1) is 0 Å². The molecule has 1 aliphatic rings. The molecule has 0 aliphatic carbocycles. The maximum atomic E-state index is 13.2. The van der Waals surface area contributed by atoms with Gasteiger partial charge in [0.25, 0.3) is 0 Å². The summed E-state index contributed by atoms with van der Waals surface area (Å²) in [7, 11) is 1.61. The first-order chi connectivity index (χ1) is 20.4. The van der Waals surface area contributed by atoms with Crippen LogP contribution < -0.4 is 19.5 Å². The highest BCUT2D eigenvalue weighted by Crippen LogP contribution is 2.27. The van der Waals surface area contributed by atoms with Gasteiger partial charge in [0.15, 0.2) is 0 Å². The van der Waals surface area contributed by atoms with Crippen LogP contribution >= 0.6 is 0 Å². The van der Waals surface area contributed by atoms with E-state index in [1.165, 1.54) is 0 Å². The first-order valence-corrected chi connectivity index (χ1v) is 14.6. The van der Waals surface area contributed by atoms with Gasteiger partial charge < -0.3 is 29.2 Å². The SMILES string of the molecule is COc1ccc([C@@H](OC(=O)CCOc2ccc(C)cc2)[C@@H](CN2CCCC2)NC(=O)CCOc2ccc(C)cc2)cc1. The van der Waals surface area contributed by atoms with Gasteiger partial charge in [0, 0.05) is 6.54 Å². The van der Waals surface area contributed by atoms with Crippen LogP contribution in [0, 0.1) is 13.8 Å². The van der Waals surface area contributed by atoms with E-state index in [9.17, 15) is 9.59 Å². The number of methoxy groups -OCH3 is 1. The Bertz CT molecular complexity index is 1250. The molecule has 0 saturated carbocycles. The zero-order valence-electron chi connectivity index (χ0n) is 24.8. The summed E-state index contributed by atoms with van der Waals surface area (Å²) in [5.41, 5.74) is 3.06. The Morgan fingerprint density at radius 1 is 0.762 bits per heavy atom. The second kappa shape index (κ2) is 15.8. The minimum Gasteiger partial charge on any atom is -0.497 e. The molecule has 1 amide bonds. The molecule has 1 saturated heterocycles. The molecule has 0 radical (unpaired) electrons. The predicted molar refractivity (Wildman–Crippen MR) is 162 cm³/mol. The summed E-state index contributed by atoms with van der Waals surface area (Å²) in [6.45, 7) is 6.91. The van der Waals surface area contributed by atoms with Crippen molar-refractivity contribution >= 4 is 11.9 Å². The Hall–Kier alpha value is -4.04. The molecule has 0 unspecified atom stereocenters. The first-order valence-electron chi connectivity index (χ1n) is 14.6. The molecule has 1 aliphatic heterocycles. The summed E-state index contributed by atoms with van der Waals surface area (Å²) in [5.74, 6) is 1.56. The fourth-order valence-electron chi connectivity index (χ4n) is 4.90. The van der Waals surface area contributed by atoms with Crippen LogP contribution in [0.15, 0.2) is 72.8 Å². The van der Waals surface area contributed by atoms with Crippen LogP contribution in [0.4, 0.5) is 0 Å². The van der Waals surface area contributed by atoms with Gasteiger partial charge in [-0.25, -0.2) is 0 Å². The maximum absolute atomic E-state index is 13.2. The van der Waals surface area contributed by atoms with Gasteiger partial charge in [-0.2, -0.15) is 0 Å². The number of amides is 1. The highest BCUT2D eigenvalue weighted by molar-refractivity contribution is 5.76. The van der Waals surface area contributed by atoms with E-state index >= 15 is 0 Å². The molecule has 8 heteroatoms. The minimum absolute atomic E-state index is 0.0787. The predicted octanol–water partition coefficient (Wildman–Crippen LogP) is 5.42. The Labute approximate surface area is 248 Å². The summed E-state index contributed by atoms with van der Waals surface area (Å²) in [6.07, 6.45) is 1.78. The molecule has 0 aromatic heterocycles. The van der Waals surface area contributed by atoms with Crippen LogP contribution in [0.25, 0.3) is 0 Å². The van der Waals surface area contributed by atoms with Gasteiger partial charge in [-0.1, -0.05) is 47.5 Å². The molecule has 1 N–H and O–H groups in total. The molecular formula is C34H42N2O6. The second-order valence-corrected chi connectivity index (χ2v) is 10.7. The van der Waals surface area contributed by atoms with E-state index in [-0.39, 0.29) is 32.0 Å². The minimum atomic E-state index is -0.689.